The lowest BCUT2D eigenvalue weighted by atomic mass is 9.45. The molecule has 0 aromatic rings. The molecular weight excluding hydrogens is 320 g/mol. The number of hydrogen-bond acceptors (Lipinski definition) is 5. The van der Waals surface area contributed by atoms with Gasteiger partial charge in [0, 0.05) is 17.8 Å². The third-order valence-corrected chi connectivity index (χ3v) is 8.41. The summed E-state index contributed by atoms with van der Waals surface area (Å²) in [6.45, 7) is 6.51. The van der Waals surface area contributed by atoms with Crippen LogP contribution in [0.2, 0.25) is 0 Å². The Labute approximate surface area is 147 Å². The van der Waals surface area contributed by atoms with Gasteiger partial charge >= 0.3 is 5.97 Å². The van der Waals surface area contributed by atoms with Crippen LogP contribution in [0.4, 0.5) is 0 Å². The Bertz CT molecular complexity index is 713. The topological polar surface area (TPSA) is 72.8 Å². The van der Waals surface area contributed by atoms with Crippen LogP contribution in [0.3, 0.4) is 0 Å². The summed E-state index contributed by atoms with van der Waals surface area (Å²) >= 11 is 0. The number of hydrogen-bond donors (Lipinski definition) is 1. The Hall–Kier alpha value is -1.20. The van der Waals surface area contributed by atoms with Crippen molar-refractivity contribution < 1.29 is 24.2 Å². The average molecular weight is 346 g/mol. The molecule has 2 heterocycles. The molecule has 5 rings (SSSR count). The molecule has 0 spiro atoms. The molecule has 0 radical (unpaired) electrons. The van der Waals surface area contributed by atoms with Gasteiger partial charge in [0.1, 0.15) is 17.3 Å². The van der Waals surface area contributed by atoms with Crippen LogP contribution in [0.1, 0.15) is 46.5 Å². The van der Waals surface area contributed by atoms with Crippen molar-refractivity contribution >= 4 is 11.8 Å². The molecule has 2 aliphatic heterocycles. The van der Waals surface area contributed by atoms with E-state index in [4.69, 9.17) is 9.47 Å². The number of aliphatic hydroxyl groups is 1. The van der Waals surface area contributed by atoms with E-state index in [9.17, 15) is 14.7 Å². The molecule has 5 heteroatoms. The van der Waals surface area contributed by atoms with Crippen molar-refractivity contribution in [2.24, 2.45) is 28.1 Å². The summed E-state index contributed by atoms with van der Waals surface area (Å²) in [5, 5.41) is 10.4. The van der Waals surface area contributed by atoms with Crippen molar-refractivity contribution in [2.75, 3.05) is 6.61 Å². The summed E-state index contributed by atoms with van der Waals surface area (Å²) in [6, 6.07) is 0. The van der Waals surface area contributed by atoms with Gasteiger partial charge in [-0.3, -0.25) is 9.59 Å². The van der Waals surface area contributed by atoms with E-state index in [2.05, 4.69) is 19.9 Å². The predicted octanol–water partition coefficient (Wildman–Crippen LogP) is 2.02. The number of carbonyl (C=O) groups excluding carboxylic acids is 2. The number of ether oxygens (including phenoxy) is 2. The van der Waals surface area contributed by atoms with E-state index < -0.39 is 11.5 Å². The SMILES string of the molecule is C[C@@]12C(=O)CC[C@]3(C)[C@@H]4CC[C@]5(C)C(OC[C@@H]5O)C4=C[C@@H](OC1=O)[C@@H]23. The van der Waals surface area contributed by atoms with E-state index in [1.54, 1.807) is 6.92 Å². The first-order valence-electron chi connectivity index (χ1n) is 9.48. The third-order valence-electron chi connectivity index (χ3n) is 8.41. The highest BCUT2D eigenvalue weighted by atomic mass is 16.6. The fraction of sp³-hybridized carbons (Fsp3) is 0.800. The van der Waals surface area contributed by atoms with Crippen molar-refractivity contribution in [1.29, 1.82) is 0 Å². The van der Waals surface area contributed by atoms with Gasteiger partial charge in [-0.2, -0.15) is 0 Å². The number of ketones is 1. The van der Waals surface area contributed by atoms with Gasteiger partial charge in [-0.25, -0.2) is 0 Å². The van der Waals surface area contributed by atoms with Crippen LogP contribution in [-0.4, -0.2) is 41.8 Å². The molecule has 1 N–H and O–H groups in total. The molecule has 25 heavy (non-hydrogen) atoms. The Morgan fingerprint density at radius 2 is 1.92 bits per heavy atom. The number of carbonyl (C=O) groups is 2. The van der Waals surface area contributed by atoms with Gasteiger partial charge in [-0.15, -0.1) is 0 Å². The van der Waals surface area contributed by atoms with E-state index in [0.717, 1.165) is 19.3 Å². The second-order valence-corrected chi connectivity index (χ2v) is 9.47. The highest BCUT2D eigenvalue weighted by Crippen LogP contribution is 2.66. The summed E-state index contributed by atoms with van der Waals surface area (Å²) in [4.78, 5) is 25.3. The number of rotatable bonds is 0. The van der Waals surface area contributed by atoms with Crippen LogP contribution in [0, 0.1) is 28.1 Å². The normalized spacial score (nSPS) is 56.6. The summed E-state index contributed by atoms with van der Waals surface area (Å²) in [5.74, 6) is -0.117. The first-order chi connectivity index (χ1) is 11.7. The highest BCUT2D eigenvalue weighted by Gasteiger charge is 2.70. The monoisotopic (exact) mass is 346 g/mol. The van der Waals surface area contributed by atoms with Crippen LogP contribution < -0.4 is 0 Å². The molecule has 2 saturated carbocycles. The van der Waals surface area contributed by atoms with Crippen molar-refractivity contribution in [3.05, 3.63) is 11.6 Å². The van der Waals surface area contributed by atoms with E-state index in [-0.39, 0.29) is 40.7 Å². The third kappa shape index (κ3) is 1.63. The molecule has 0 bridgehead atoms. The largest absolute Gasteiger partial charge is 0.457 e. The first-order valence-corrected chi connectivity index (χ1v) is 9.48. The van der Waals surface area contributed by atoms with Gasteiger partial charge in [-0.05, 0) is 49.2 Å². The zero-order valence-electron chi connectivity index (χ0n) is 15.1. The van der Waals surface area contributed by atoms with Crippen molar-refractivity contribution in [2.45, 2.75) is 64.8 Å². The number of aliphatic hydroxyl groups excluding tert-OH is 1. The summed E-state index contributed by atoms with van der Waals surface area (Å²) in [6.07, 6.45) is 4.29. The van der Waals surface area contributed by atoms with Gasteiger partial charge in [0.25, 0.3) is 0 Å². The quantitative estimate of drug-likeness (QED) is 0.413. The van der Waals surface area contributed by atoms with Crippen molar-refractivity contribution in [3.63, 3.8) is 0 Å². The van der Waals surface area contributed by atoms with Gasteiger partial charge in [0.05, 0.1) is 18.8 Å². The Balaban J connectivity index is 1.66. The molecule has 1 unspecified atom stereocenters. The minimum absolute atomic E-state index is 0.0347. The molecule has 0 aromatic heterocycles. The molecule has 3 aliphatic carbocycles. The molecule has 136 valence electrons. The maximum Gasteiger partial charge on any atom is 0.320 e. The summed E-state index contributed by atoms with van der Waals surface area (Å²) in [5.41, 5.74) is -0.208. The Morgan fingerprint density at radius 3 is 2.68 bits per heavy atom. The fourth-order valence-corrected chi connectivity index (χ4v) is 6.84. The molecule has 2 saturated heterocycles. The van der Waals surface area contributed by atoms with Gasteiger partial charge < -0.3 is 14.6 Å². The van der Waals surface area contributed by atoms with Gasteiger partial charge in [-0.1, -0.05) is 13.8 Å². The van der Waals surface area contributed by atoms with E-state index in [1.165, 1.54) is 5.57 Å². The zero-order valence-corrected chi connectivity index (χ0v) is 15.1. The lowest BCUT2D eigenvalue weighted by Crippen LogP contribution is -2.59. The fourth-order valence-electron chi connectivity index (χ4n) is 6.84. The lowest BCUT2D eigenvalue weighted by molar-refractivity contribution is -0.155. The van der Waals surface area contributed by atoms with E-state index in [0.29, 0.717) is 18.9 Å². The summed E-state index contributed by atoms with van der Waals surface area (Å²) in [7, 11) is 0. The molecule has 5 aliphatic rings. The maximum atomic E-state index is 12.6. The smallest absolute Gasteiger partial charge is 0.320 e. The number of fused-ring (bicyclic) bond motifs is 4. The maximum absolute atomic E-state index is 12.6. The van der Waals surface area contributed by atoms with Crippen molar-refractivity contribution in [3.8, 4) is 0 Å². The van der Waals surface area contributed by atoms with Crippen molar-refractivity contribution in [1.82, 2.24) is 0 Å². The van der Waals surface area contributed by atoms with Gasteiger partial charge in [0.2, 0.25) is 0 Å². The lowest BCUT2D eigenvalue weighted by Gasteiger charge is -2.57. The number of Topliss-reactive ketones (excluding diaryl/α,β-unsaturated/α-hetero) is 1. The van der Waals surface area contributed by atoms with E-state index in [1.807, 2.05) is 0 Å². The second-order valence-electron chi connectivity index (χ2n) is 9.47. The second kappa shape index (κ2) is 4.55. The molecule has 4 fully saturated rings. The Kier molecular flexibility index (Phi) is 2.91. The minimum Gasteiger partial charge on any atom is -0.457 e. The molecule has 0 amide bonds. The van der Waals surface area contributed by atoms with Crippen LogP contribution in [0.15, 0.2) is 11.6 Å². The molecule has 0 aromatic carbocycles. The molecular formula is C20H26O5. The minimum atomic E-state index is -1.00. The van der Waals surface area contributed by atoms with Crippen LogP contribution in [0.25, 0.3) is 0 Å². The zero-order chi connectivity index (χ0) is 17.8. The molecule has 5 nitrogen and oxygen atoms in total. The number of esters is 1. The van der Waals surface area contributed by atoms with E-state index >= 15 is 0 Å². The summed E-state index contributed by atoms with van der Waals surface area (Å²) < 4.78 is 11.7. The first kappa shape index (κ1) is 16.0. The van der Waals surface area contributed by atoms with Crippen LogP contribution in [0.5, 0.6) is 0 Å². The van der Waals surface area contributed by atoms with Crippen LogP contribution in [-0.2, 0) is 19.1 Å². The molecule has 8 atom stereocenters. The standard InChI is InChI=1S/C20H26O5/c1-18-7-5-13(21)20(3)15(18)12(25-17(20)23)8-10-11(18)4-6-19(2)14(22)9-24-16(10)19/h8,11-12,14-16,22H,4-7,9H2,1-3H3/t11-,12-,14+,15-,16?,18-,19+,20+/m1/s1. The van der Waals surface area contributed by atoms with Gasteiger partial charge in [0.15, 0.2) is 0 Å². The highest BCUT2D eigenvalue weighted by molar-refractivity contribution is 6.06. The predicted molar refractivity (Wildman–Crippen MR) is 88.5 cm³/mol. The Morgan fingerprint density at radius 1 is 1.16 bits per heavy atom. The average Bonchev–Trinajstić information content (AvgIpc) is 3.01. The van der Waals surface area contributed by atoms with Crippen LogP contribution >= 0.6 is 0 Å².